The van der Waals surface area contributed by atoms with Crippen molar-refractivity contribution in [2.45, 2.75) is 70.4 Å². The minimum Gasteiger partial charge on any atom is -0.489 e. The summed E-state index contributed by atoms with van der Waals surface area (Å²) in [6.45, 7) is 6.03. The summed E-state index contributed by atoms with van der Waals surface area (Å²) >= 11 is 0. The SMILES string of the molecule is CC(C)(C)NC(=O)c1ccccc1C[C@@H](O)[C@H](Cc1ccc(OCc2ccccc2)cc1)NC(=O)[C@H](CC(N)=O)NC(=O)c1ccc2ccccc2n1. The number of carbonyl (C=O) groups is 4. The average molecular weight is 716 g/mol. The third kappa shape index (κ3) is 11.2. The van der Waals surface area contributed by atoms with E-state index < -0.39 is 47.9 Å². The molecule has 0 saturated carbocycles. The maximum Gasteiger partial charge on any atom is 0.270 e. The molecule has 0 unspecified atom stereocenters. The predicted molar refractivity (Wildman–Crippen MR) is 203 cm³/mol. The van der Waals surface area contributed by atoms with Gasteiger partial charge in [0.15, 0.2) is 0 Å². The maximum absolute atomic E-state index is 13.9. The number of nitrogens with zero attached hydrogens (tertiary/aromatic N) is 1. The number of rotatable bonds is 15. The molecule has 274 valence electrons. The summed E-state index contributed by atoms with van der Waals surface area (Å²) in [5.74, 6) is -1.84. The molecule has 4 amide bonds. The van der Waals surface area contributed by atoms with Gasteiger partial charge >= 0.3 is 0 Å². The molecule has 0 spiro atoms. The number of para-hydroxylation sites is 1. The van der Waals surface area contributed by atoms with E-state index in [4.69, 9.17) is 10.5 Å². The summed E-state index contributed by atoms with van der Waals surface area (Å²) in [7, 11) is 0. The van der Waals surface area contributed by atoms with Gasteiger partial charge < -0.3 is 31.5 Å². The van der Waals surface area contributed by atoms with Gasteiger partial charge in [0.05, 0.1) is 24.1 Å². The number of nitrogens with one attached hydrogen (secondary N) is 3. The molecule has 0 bridgehead atoms. The molecule has 11 heteroatoms. The highest BCUT2D eigenvalue weighted by Crippen LogP contribution is 2.20. The van der Waals surface area contributed by atoms with E-state index in [1.165, 1.54) is 6.07 Å². The van der Waals surface area contributed by atoms with Crippen LogP contribution in [0.25, 0.3) is 10.9 Å². The van der Waals surface area contributed by atoms with E-state index in [2.05, 4.69) is 20.9 Å². The van der Waals surface area contributed by atoms with E-state index in [0.29, 0.717) is 29.0 Å². The van der Waals surface area contributed by atoms with Crippen molar-refractivity contribution in [2.24, 2.45) is 5.73 Å². The predicted octanol–water partition coefficient (Wildman–Crippen LogP) is 4.65. The second-order valence-corrected chi connectivity index (χ2v) is 14.0. The smallest absolute Gasteiger partial charge is 0.270 e. The molecule has 5 rings (SSSR count). The first kappa shape index (κ1) is 38.2. The number of primary amides is 1. The Morgan fingerprint density at radius 1 is 0.755 bits per heavy atom. The zero-order chi connectivity index (χ0) is 38.0. The molecule has 0 aliphatic heterocycles. The number of aliphatic hydroxyl groups is 1. The number of carbonyl (C=O) groups excluding carboxylic acids is 4. The number of pyridine rings is 1. The van der Waals surface area contributed by atoms with Gasteiger partial charge in [-0.25, -0.2) is 4.98 Å². The van der Waals surface area contributed by atoms with Crippen molar-refractivity contribution < 1.29 is 29.0 Å². The van der Waals surface area contributed by atoms with Crippen LogP contribution in [0.5, 0.6) is 5.75 Å². The van der Waals surface area contributed by atoms with E-state index in [1.54, 1.807) is 42.5 Å². The van der Waals surface area contributed by atoms with Crippen molar-refractivity contribution in [3.8, 4) is 5.75 Å². The fourth-order valence-electron chi connectivity index (χ4n) is 5.81. The second kappa shape index (κ2) is 17.4. The Balaban J connectivity index is 1.37. The van der Waals surface area contributed by atoms with E-state index in [0.717, 1.165) is 16.5 Å². The summed E-state index contributed by atoms with van der Waals surface area (Å²) in [6.07, 6.45) is -1.49. The molecule has 1 aromatic heterocycles. The van der Waals surface area contributed by atoms with Crippen LogP contribution in [0.4, 0.5) is 0 Å². The molecule has 0 radical (unpaired) electrons. The van der Waals surface area contributed by atoms with Crippen molar-refractivity contribution in [3.05, 3.63) is 143 Å². The van der Waals surface area contributed by atoms with E-state index in [-0.39, 0.29) is 24.4 Å². The van der Waals surface area contributed by atoms with E-state index in [1.807, 2.05) is 87.5 Å². The molecule has 11 nitrogen and oxygen atoms in total. The Kier molecular flexibility index (Phi) is 12.6. The standard InChI is InChI=1S/C42H45N5O6/c1-42(2,3)47-39(50)32-15-9-7-14-30(32)24-37(48)35(23-27-17-20-31(21-18-27)53-26-28-11-5-4-6-12-28)45-41(52)36(25-38(43)49)46-40(51)34-22-19-29-13-8-10-16-33(29)44-34/h4-22,35-37,48H,23-26H2,1-3H3,(H2,43,49)(H,45,52)(H,46,51)(H,47,50)/t35-,36-,37+/m0/s1. The highest BCUT2D eigenvalue weighted by Gasteiger charge is 2.30. The molecule has 53 heavy (non-hydrogen) atoms. The highest BCUT2D eigenvalue weighted by atomic mass is 16.5. The van der Waals surface area contributed by atoms with Gasteiger partial charge in [0.25, 0.3) is 11.8 Å². The summed E-state index contributed by atoms with van der Waals surface area (Å²) in [5.41, 5.74) is 8.45. The molecule has 0 saturated heterocycles. The average Bonchev–Trinajstić information content (AvgIpc) is 3.13. The van der Waals surface area contributed by atoms with Gasteiger partial charge in [0.1, 0.15) is 24.1 Å². The summed E-state index contributed by atoms with van der Waals surface area (Å²) in [4.78, 5) is 56.9. The number of fused-ring (bicyclic) bond motifs is 1. The Hall–Kier alpha value is -6.07. The lowest BCUT2D eigenvalue weighted by Crippen LogP contribution is -2.54. The number of aliphatic hydroxyl groups excluding tert-OH is 1. The van der Waals surface area contributed by atoms with Crippen LogP contribution < -0.4 is 26.4 Å². The molecular weight excluding hydrogens is 670 g/mol. The van der Waals surface area contributed by atoms with Crippen molar-refractivity contribution in [3.63, 3.8) is 0 Å². The Morgan fingerprint density at radius 3 is 2.15 bits per heavy atom. The second-order valence-electron chi connectivity index (χ2n) is 14.0. The van der Waals surface area contributed by atoms with Gasteiger partial charge in [0, 0.05) is 22.9 Å². The molecule has 0 aliphatic carbocycles. The number of amides is 4. The van der Waals surface area contributed by atoms with Gasteiger partial charge in [-0.3, -0.25) is 19.2 Å². The fourth-order valence-corrected chi connectivity index (χ4v) is 5.81. The summed E-state index contributed by atoms with van der Waals surface area (Å²) in [5, 5.41) is 21.0. The third-order valence-electron chi connectivity index (χ3n) is 8.46. The van der Waals surface area contributed by atoms with Crippen molar-refractivity contribution in [1.29, 1.82) is 0 Å². The zero-order valence-corrected chi connectivity index (χ0v) is 30.0. The lowest BCUT2D eigenvalue weighted by molar-refractivity contribution is -0.128. The van der Waals surface area contributed by atoms with E-state index in [9.17, 15) is 24.3 Å². The molecule has 1 heterocycles. The number of aromatic nitrogens is 1. The number of nitrogens with two attached hydrogens (primary N) is 1. The van der Waals surface area contributed by atoms with Crippen LogP contribution in [0, 0.1) is 0 Å². The van der Waals surface area contributed by atoms with Gasteiger partial charge in [-0.1, -0.05) is 84.9 Å². The third-order valence-corrected chi connectivity index (χ3v) is 8.46. The quantitative estimate of drug-likeness (QED) is 0.105. The van der Waals surface area contributed by atoms with Gasteiger partial charge in [-0.15, -0.1) is 0 Å². The summed E-state index contributed by atoms with van der Waals surface area (Å²) in [6, 6.07) is 32.3. The van der Waals surface area contributed by atoms with Crippen LogP contribution in [-0.2, 0) is 29.0 Å². The molecule has 3 atom stereocenters. The number of ether oxygens (including phenoxy) is 1. The Morgan fingerprint density at radius 2 is 1.43 bits per heavy atom. The van der Waals surface area contributed by atoms with Crippen LogP contribution in [-0.4, -0.2) is 57.4 Å². The molecule has 6 N–H and O–H groups in total. The molecule has 5 aromatic rings. The molecule has 4 aromatic carbocycles. The molecule has 0 aliphatic rings. The topological polar surface area (TPSA) is 173 Å². The minimum atomic E-state index is -1.36. The van der Waals surface area contributed by atoms with Crippen molar-refractivity contribution in [2.75, 3.05) is 0 Å². The molecule has 0 fully saturated rings. The maximum atomic E-state index is 13.9. The molecular formula is C42H45N5O6. The fraction of sp³-hybridized carbons (Fsp3) is 0.262. The number of hydrogen-bond donors (Lipinski definition) is 5. The first-order valence-corrected chi connectivity index (χ1v) is 17.4. The Labute approximate surface area is 309 Å². The van der Waals surface area contributed by atoms with Gasteiger partial charge in [-0.2, -0.15) is 0 Å². The van der Waals surface area contributed by atoms with Gasteiger partial charge in [-0.05, 0) is 74.2 Å². The van der Waals surface area contributed by atoms with Crippen molar-refractivity contribution in [1.82, 2.24) is 20.9 Å². The van der Waals surface area contributed by atoms with Crippen LogP contribution in [0.2, 0.25) is 0 Å². The normalized spacial score (nSPS) is 13.0. The number of benzene rings is 4. The first-order chi connectivity index (χ1) is 25.3. The van der Waals surface area contributed by atoms with Crippen LogP contribution in [0.15, 0.2) is 115 Å². The lowest BCUT2D eigenvalue weighted by atomic mass is 9.93. The minimum absolute atomic E-state index is 0.0187. The van der Waals surface area contributed by atoms with Gasteiger partial charge in [0.2, 0.25) is 11.8 Å². The largest absolute Gasteiger partial charge is 0.489 e. The number of hydrogen-bond acceptors (Lipinski definition) is 7. The Bertz CT molecular complexity index is 2050. The van der Waals surface area contributed by atoms with Crippen LogP contribution >= 0.6 is 0 Å². The van der Waals surface area contributed by atoms with Crippen molar-refractivity contribution >= 4 is 34.5 Å². The first-order valence-electron chi connectivity index (χ1n) is 17.4. The lowest BCUT2D eigenvalue weighted by Gasteiger charge is -2.28. The summed E-state index contributed by atoms with van der Waals surface area (Å²) < 4.78 is 5.93. The monoisotopic (exact) mass is 715 g/mol. The van der Waals surface area contributed by atoms with E-state index >= 15 is 0 Å². The van der Waals surface area contributed by atoms with Crippen LogP contribution in [0.1, 0.15) is 64.7 Å². The zero-order valence-electron chi connectivity index (χ0n) is 30.0. The highest BCUT2D eigenvalue weighted by molar-refractivity contribution is 5.99. The van der Waals surface area contributed by atoms with Crippen LogP contribution in [0.3, 0.4) is 0 Å².